The van der Waals surface area contributed by atoms with Crippen LogP contribution >= 0.6 is 0 Å². The van der Waals surface area contributed by atoms with Crippen molar-refractivity contribution >= 4 is 5.91 Å². The van der Waals surface area contributed by atoms with Crippen molar-refractivity contribution in [3.8, 4) is 11.1 Å². The third-order valence-electron chi connectivity index (χ3n) is 3.29. The van der Waals surface area contributed by atoms with Crippen molar-refractivity contribution in [3.63, 3.8) is 0 Å². The Hall–Kier alpha value is -3.08. The van der Waals surface area contributed by atoms with Crippen molar-refractivity contribution in [2.24, 2.45) is 5.73 Å². The fourth-order valence-corrected chi connectivity index (χ4v) is 2.16. The predicted molar refractivity (Wildman–Crippen MR) is 83.0 cm³/mol. The Morgan fingerprint density at radius 3 is 2.27 bits per heavy atom. The number of nitrogens with two attached hydrogens (primary N) is 1. The van der Waals surface area contributed by atoms with E-state index in [4.69, 9.17) is 5.73 Å². The molecule has 1 aromatic carbocycles. The highest BCUT2D eigenvalue weighted by Gasteiger charge is 2.05. The monoisotopic (exact) mass is 290 g/mol. The van der Waals surface area contributed by atoms with Gasteiger partial charge in [0.25, 0.3) is 5.91 Å². The molecular weight excluding hydrogens is 276 g/mol. The van der Waals surface area contributed by atoms with Crippen LogP contribution in [0.15, 0.2) is 61.1 Å². The number of hydrogen-bond donors (Lipinski definition) is 1. The maximum atomic E-state index is 11.1. The van der Waals surface area contributed by atoms with Crippen molar-refractivity contribution < 1.29 is 4.79 Å². The van der Waals surface area contributed by atoms with Gasteiger partial charge in [-0.3, -0.25) is 9.78 Å². The van der Waals surface area contributed by atoms with E-state index in [9.17, 15) is 4.79 Å². The number of carbonyl (C=O) groups is 1. The Balaban J connectivity index is 1.79. The summed E-state index contributed by atoms with van der Waals surface area (Å²) >= 11 is 0. The highest BCUT2D eigenvalue weighted by Crippen LogP contribution is 2.19. The average Bonchev–Trinajstić information content (AvgIpc) is 2.56. The van der Waals surface area contributed by atoms with Crippen LogP contribution in [0.2, 0.25) is 0 Å². The van der Waals surface area contributed by atoms with Gasteiger partial charge >= 0.3 is 0 Å². The number of pyridine rings is 1. The molecule has 1 amide bonds. The van der Waals surface area contributed by atoms with Crippen LogP contribution in [-0.2, 0) is 6.42 Å². The summed E-state index contributed by atoms with van der Waals surface area (Å²) in [6.45, 7) is 0. The molecule has 108 valence electrons. The lowest BCUT2D eigenvalue weighted by Crippen LogP contribution is -2.14. The Kier molecular flexibility index (Phi) is 3.87. The van der Waals surface area contributed by atoms with Crippen LogP contribution in [0.1, 0.15) is 21.9 Å². The standard InChI is InChI=1S/C17H14N4O/c18-17(22)15-7-10-20-16(21-15)11-12-1-3-13(4-2-12)14-5-8-19-9-6-14/h1-10H,11H2,(H2,18,22). The number of hydrogen-bond acceptors (Lipinski definition) is 4. The zero-order valence-electron chi connectivity index (χ0n) is 11.8. The molecule has 0 saturated heterocycles. The van der Waals surface area contributed by atoms with Gasteiger partial charge in [-0.2, -0.15) is 0 Å². The first kappa shape index (κ1) is 13.9. The van der Waals surface area contributed by atoms with E-state index < -0.39 is 5.91 Å². The predicted octanol–water partition coefficient (Wildman–Crippen LogP) is 2.23. The molecule has 0 saturated carbocycles. The van der Waals surface area contributed by atoms with Crippen LogP contribution in [0.3, 0.4) is 0 Å². The second kappa shape index (κ2) is 6.13. The molecule has 3 aromatic rings. The number of amides is 1. The van der Waals surface area contributed by atoms with Crippen LogP contribution < -0.4 is 5.73 Å². The summed E-state index contributed by atoms with van der Waals surface area (Å²) < 4.78 is 0. The first-order valence-electron chi connectivity index (χ1n) is 6.83. The van der Waals surface area contributed by atoms with Crippen LogP contribution in [0, 0.1) is 0 Å². The molecule has 2 heterocycles. The molecule has 2 N–H and O–H groups in total. The topological polar surface area (TPSA) is 81.8 Å². The van der Waals surface area contributed by atoms with Crippen molar-refractivity contribution in [1.29, 1.82) is 0 Å². The molecule has 0 aliphatic heterocycles. The molecule has 0 atom stereocenters. The zero-order chi connectivity index (χ0) is 15.4. The van der Waals surface area contributed by atoms with Crippen LogP contribution in [-0.4, -0.2) is 20.9 Å². The van der Waals surface area contributed by atoms with Crippen molar-refractivity contribution in [1.82, 2.24) is 15.0 Å². The molecule has 0 aliphatic carbocycles. The summed E-state index contributed by atoms with van der Waals surface area (Å²) in [4.78, 5) is 23.5. The lowest BCUT2D eigenvalue weighted by Gasteiger charge is -2.04. The molecule has 2 aromatic heterocycles. The largest absolute Gasteiger partial charge is 0.364 e. The van der Waals surface area contributed by atoms with Gasteiger partial charge in [-0.05, 0) is 34.9 Å². The number of primary amides is 1. The lowest BCUT2D eigenvalue weighted by molar-refractivity contribution is 0.0995. The summed E-state index contributed by atoms with van der Waals surface area (Å²) in [6.07, 6.45) is 5.64. The minimum Gasteiger partial charge on any atom is -0.364 e. The molecule has 3 rings (SSSR count). The average molecular weight is 290 g/mol. The van der Waals surface area contributed by atoms with Gasteiger partial charge in [-0.15, -0.1) is 0 Å². The first-order valence-corrected chi connectivity index (χ1v) is 6.83. The molecule has 5 heteroatoms. The molecule has 5 nitrogen and oxygen atoms in total. The van der Waals surface area contributed by atoms with Gasteiger partial charge in [0, 0.05) is 25.0 Å². The van der Waals surface area contributed by atoms with Crippen molar-refractivity contribution in [2.45, 2.75) is 6.42 Å². The van der Waals surface area contributed by atoms with Crippen molar-refractivity contribution in [2.75, 3.05) is 0 Å². The smallest absolute Gasteiger partial charge is 0.267 e. The number of rotatable bonds is 4. The molecule has 0 fully saturated rings. The summed E-state index contributed by atoms with van der Waals surface area (Å²) in [5.41, 5.74) is 8.77. The van der Waals surface area contributed by atoms with E-state index in [2.05, 4.69) is 15.0 Å². The quantitative estimate of drug-likeness (QED) is 0.798. The van der Waals surface area contributed by atoms with Gasteiger partial charge in [-0.25, -0.2) is 9.97 Å². The molecule has 0 bridgehead atoms. The fraction of sp³-hybridized carbons (Fsp3) is 0.0588. The lowest BCUT2D eigenvalue weighted by atomic mass is 10.0. The number of aromatic nitrogens is 3. The van der Waals surface area contributed by atoms with Crippen LogP contribution in [0.5, 0.6) is 0 Å². The SMILES string of the molecule is NC(=O)c1ccnc(Cc2ccc(-c3ccncc3)cc2)n1. The second-order valence-corrected chi connectivity index (χ2v) is 4.83. The number of carbonyl (C=O) groups excluding carboxylic acids is 1. The van der Waals surface area contributed by atoms with E-state index in [1.54, 1.807) is 18.6 Å². The highest BCUT2D eigenvalue weighted by molar-refractivity contribution is 5.90. The van der Waals surface area contributed by atoms with Crippen LogP contribution in [0.25, 0.3) is 11.1 Å². The highest BCUT2D eigenvalue weighted by atomic mass is 16.1. The van der Waals surface area contributed by atoms with E-state index in [-0.39, 0.29) is 5.69 Å². The summed E-state index contributed by atoms with van der Waals surface area (Å²) in [5, 5.41) is 0. The summed E-state index contributed by atoms with van der Waals surface area (Å²) in [6, 6.07) is 13.6. The van der Waals surface area contributed by atoms with Crippen LogP contribution in [0.4, 0.5) is 0 Å². The normalized spacial score (nSPS) is 10.4. The Bertz CT molecular complexity index is 785. The van der Waals surface area contributed by atoms with Gasteiger partial charge in [0.15, 0.2) is 0 Å². The number of benzene rings is 1. The van der Waals surface area contributed by atoms with Gasteiger partial charge in [0.2, 0.25) is 0 Å². The van der Waals surface area contributed by atoms with E-state index in [1.165, 1.54) is 6.07 Å². The first-order chi connectivity index (χ1) is 10.7. The molecule has 22 heavy (non-hydrogen) atoms. The minimum atomic E-state index is -0.545. The Morgan fingerprint density at radius 2 is 1.59 bits per heavy atom. The maximum absolute atomic E-state index is 11.1. The third-order valence-corrected chi connectivity index (χ3v) is 3.29. The molecule has 0 radical (unpaired) electrons. The van der Waals surface area contributed by atoms with E-state index in [0.717, 1.165) is 16.7 Å². The Labute approximate surface area is 127 Å². The molecular formula is C17H14N4O. The van der Waals surface area contributed by atoms with Gasteiger partial charge in [0.05, 0.1) is 0 Å². The zero-order valence-corrected chi connectivity index (χ0v) is 11.8. The van der Waals surface area contributed by atoms with E-state index in [1.807, 2.05) is 36.4 Å². The summed E-state index contributed by atoms with van der Waals surface area (Å²) in [7, 11) is 0. The second-order valence-electron chi connectivity index (χ2n) is 4.83. The van der Waals surface area contributed by atoms with Crippen molar-refractivity contribution in [3.05, 3.63) is 78.1 Å². The minimum absolute atomic E-state index is 0.235. The molecule has 0 unspecified atom stereocenters. The molecule has 0 spiro atoms. The van der Waals surface area contributed by atoms with Gasteiger partial charge < -0.3 is 5.73 Å². The van der Waals surface area contributed by atoms with Gasteiger partial charge in [0.1, 0.15) is 11.5 Å². The Morgan fingerprint density at radius 1 is 0.909 bits per heavy atom. The maximum Gasteiger partial charge on any atom is 0.267 e. The third kappa shape index (κ3) is 3.15. The fourth-order valence-electron chi connectivity index (χ4n) is 2.16. The summed E-state index contributed by atoms with van der Waals surface area (Å²) in [5.74, 6) is 0.0321. The molecule has 0 aliphatic rings. The van der Waals surface area contributed by atoms with E-state index >= 15 is 0 Å². The number of nitrogens with zero attached hydrogens (tertiary/aromatic N) is 3. The van der Waals surface area contributed by atoms with Gasteiger partial charge in [-0.1, -0.05) is 24.3 Å². The van der Waals surface area contributed by atoms with E-state index in [0.29, 0.717) is 12.2 Å².